The predicted molar refractivity (Wildman–Crippen MR) is 187 cm³/mol. The van der Waals surface area contributed by atoms with Crippen molar-refractivity contribution < 1.29 is 8.42 Å². The molecule has 0 amide bonds. The van der Waals surface area contributed by atoms with Gasteiger partial charge in [0, 0.05) is 5.56 Å². The molecule has 0 spiro atoms. The number of hydrogen-bond acceptors (Lipinski definition) is 3. The van der Waals surface area contributed by atoms with Crippen molar-refractivity contribution in [3.8, 4) is 28.2 Å². The second-order valence-corrected chi connectivity index (χ2v) is 13.8. The maximum Gasteiger partial charge on any atom is 0.210 e. The number of aromatic nitrogens is 2. The summed E-state index contributed by atoms with van der Waals surface area (Å²) in [5.41, 5.74) is 5.20. The van der Waals surface area contributed by atoms with Gasteiger partial charge in [-0.15, -0.1) is 0 Å². The maximum absolute atomic E-state index is 13.8. The minimum atomic E-state index is -3.70. The summed E-state index contributed by atoms with van der Waals surface area (Å²) in [5.74, 6) is 0.730. The summed E-state index contributed by atoms with van der Waals surface area (Å²) in [6.07, 6.45) is 0. The fraction of sp³-hybridized carbons (Fsp3) is 0. The van der Waals surface area contributed by atoms with E-state index in [1.54, 1.807) is 24.3 Å². The first-order valence-corrected chi connectivity index (χ1v) is 16.8. The molecule has 0 atom stereocenters. The van der Waals surface area contributed by atoms with Crippen LogP contribution < -0.4 is 0 Å². The summed E-state index contributed by atoms with van der Waals surface area (Å²) in [6.45, 7) is 0. The summed E-state index contributed by atoms with van der Waals surface area (Å²) < 4.78 is 29.6. The van der Waals surface area contributed by atoms with Crippen LogP contribution in [0.1, 0.15) is 0 Å². The first kappa shape index (κ1) is 25.5. The number of hydrogen-bond donors (Lipinski definition) is 0. The summed E-state index contributed by atoms with van der Waals surface area (Å²) in [7, 11) is -3.70. The summed E-state index contributed by atoms with van der Waals surface area (Å²) in [4.78, 5) is 5.77. The normalized spacial score (nSPS) is 13.6. The highest BCUT2D eigenvalue weighted by Gasteiger charge is 2.34. The Morgan fingerprint density at radius 2 is 1.07 bits per heavy atom. The fourth-order valence-corrected chi connectivity index (χ4v) is 9.19. The lowest BCUT2D eigenvalue weighted by Gasteiger charge is -2.22. The van der Waals surface area contributed by atoms with Crippen LogP contribution in [0.15, 0.2) is 155 Å². The third kappa shape index (κ3) is 3.32. The van der Waals surface area contributed by atoms with Gasteiger partial charge < -0.3 is 0 Å². The van der Waals surface area contributed by atoms with Crippen LogP contribution >= 0.6 is 0 Å². The number of benzene rings is 8. The third-order valence-electron chi connectivity index (χ3n) is 9.51. The fourth-order valence-electron chi connectivity index (χ4n) is 7.55. The van der Waals surface area contributed by atoms with E-state index in [0.717, 1.165) is 38.5 Å². The molecule has 4 nitrogen and oxygen atoms in total. The Balaban J connectivity index is 1.33. The molecule has 0 radical (unpaired) electrons. The molecular weight excluding hydrogens is 585 g/mol. The van der Waals surface area contributed by atoms with Crippen LogP contribution in [0, 0.1) is 0 Å². The molecule has 1 aliphatic heterocycles. The molecule has 0 fully saturated rings. The average Bonchev–Trinajstić information content (AvgIpc) is 3.49. The first-order valence-electron chi connectivity index (χ1n) is 15.3. The largest absolute Gasteiger partial charge is 0.290 e. The van der Waals surface area contributed by atoms with Crippen molar-refractivity contribution in [3.05, 3.63) is 146 Å². The van der Waals surface area contributed by atoms with Crippen molar-refractivity contribution in [1.82, 2.24) is 9.55 Å². The molecule has 0 N–H and O–H groups in total. The Labute approximate surface area is 264 Å². The number of para-hydroxylation sites is 2. The van der Waals surface area contributed by atoms with Gasteiger partial charge in [-0.05, 0) is 84.5 Å². The molecule has 216 valence electrons. The van der Waals surface area contributed by atoms with Gasteiger partial charge in [0.2, 0.25) is 9.84 Å². The van der Waals surface area contributed by atoms with Crippen LogP contribution in [0.2, 0.25) is 0 Å². The molecule has 1 aromatic heterocycles. The first-order chi connectivity index (χ1) is 22.6. The molecule has 2 heterocycles. The lowest BCUT2D eigenvalue weighted by atomic mass is 9.87. The van der Waals surface area contributed by atoms with E-state index in [-0.39, 0.29) is 4.90 Å². The minimum Gasteiger partial charge on any atom is -0.290 e. The maximum atomic E-state index is 13.8. The number of nitrogens with zero attached hydrogens (tertiary/aromatic N) is 2. The zero-order valence-electron chi connectivity index (χ0n) is 24.5. The smallest absolute Gasteiger partial charge is 0.210 e. The topological polar surface area (TPSA) is 52.0 Å². The van der Waals surface area contributed by atoms with E-state index in [1.807, 2.05) is 18.2 Å². The van der Waals surface area contributed by atoms with Gasteiger partial charge in [0.05, 0.1) is 26.5 Å². The summed E-state index contributed by atoms with van der Waals surface area (Å²) in [6, 6.07) is 49.4. The number of imidazole rings is 1. The van der Waals surface area contributed by atoms with Gasteiger partial charge in [0.25, 0.3) is 0 Å². The predicted octanol–water partition coefficient (Wildman–Crippen LogP) is 10.1. The van der Waals surface area contributed by atoms with Gasteiger partial charge in [-0.2, -0.15) is 0 Å². The minimum absolute atomic E-state index is 0.288. The second kappa shape index (κ2) is 9.13. The highest BCUT2D eigenvalue weighted by molar-refractivity contribution is 7.92. The highest BCUT2D eigenvalue weighted by Crippen LogP contribution is 2.47. The number of fused-ring (bicyclic) bond motifs is 7. The van der Waals surface area contributed by atoms with Gasteiger partial charge in [-0.1, -0.05) is 115 Å². The Hall–Kier alpha value is -5.78. The summed E-state index contributed by atoms with van der Waals surface area (Å²) >= 11 is 0. The SMILES string of the molecule is O=S1(=O)c2ccccc2-n2c(-c3c4ccccc4c(-c4ccc5c(ccc6ccccc65)c4)c4ccccc34)nc3cccc1c32. The van der Waals surface area contributed by atoms with Crippen molar-refractivity contribution in [2.45, 2.75) is 9.79 Å². The van der Waals surface area contributed by atoms with Crippen LogP contribution in [-0.2, 0) is 9.84 Å². The molecule has 0 saturated heterocycles. The van der Waals surface area contributed by atoms with E-state index >= 15 is 0 Å². The van der Waals surface area contributed by atoms with E-state index < -0.39 is 9.84 Å². The molecule has 0 unspecified atom stereocenters. The van der Waals surface area contributed by atoms with Crippen LogP contribution in [0.4, 0.5) is 0 Å². The molecule has 0 bridgehead atoms. The Morgan fingerprint density at radius 3 is 1.83 bits per heavy atom. The lowest BCUT2D eigenvalue weighted by molar-refractivity contribution is 0.594. The van der Waals surface area contributed by atoms with Gasteiger partial charge in [-0.25, -0.2) is 13.4 Å². The Kier molecular flexibility index (Phi) is 5.07. The second-order valence-electron chi connectivity index (χ2n) is 11.9. The van der Waals surface area contributed by atoms with Crippen LogP contribution in [-0.4, -0.2) is 18.0 Å². The number of sulfone groups is 1. The van der Waals surface area contributed by atoms with Crippen LogP contribution in [0.5, 0.6) is 0 Å². The molecule has 9 aromatic rings. The standard InChI is InChI=1S/C41H24N2O2S/c44-46(45)36-18-8-7-17-35(36)43-40-34(16-9-19-37(40)46)42-41(43)39-32-14-5-3-12-30(32)38(31-13-4-6-15-33(31)39)27-22-23-29-26(24-27)21-20-25-10-1-2-11-28(25)29/h1-24H. The van der Waals surface area contributed by atoms with E-state index in [2.05, 4.69) is 108 Å². The van der Waals surface area contributed by atoms with E-state index in [4.69, 9.17) is 4.98 Å². The van der Waals surface area contributed by atoms with Gasteiger partial charge in [0.15, 0.2) is 0 Å². The van der Waals surface area contributed by atoms with E-state index in [9.17, 15) is 8.42 Å². The van der Waals surface area contributed by atoms with Crippen molar-refractivity contribution in [2.75, 3.05) is 0 Å². The molecule has 46 heavy (non-hydrogen) atoms. The molecule has 0 saturated carbocycles. The zero-order valence-corrected chi connectivity index (χ0v) is 25.3. The monoisotopic (exact) mass is 608 g/mol. The molecule has 0 aliphatic carbocycles. The lowest BCUT2D eigenvalue weighted by Crippen LogP contribution is -2.15. The van der Waals surface area contributed by atoms with Crippen molar-refractivity contribution >= 4 is 64.0 Å². The number of rotatable bonds is 2. The highest BCUT2D eigenvalue weighted by atomic mass is 32.2. The van der Waals surface area contributed by atoms with Crippen molar-refractivity contribution in [3.63, 3.8) is 0 Å². The Bertz CT molecular complexity index is 2830. The van der Waals surface area contributed by atoms with Gasteiger partial charge >= 0.3 is 0 Å². The van der Waals surface area contributed by atoms with Crippen molar-refractivity contribution in [1.29, 1.82) is 0 Å². The molecular formula is C41H24N2O2S. The van der Waals surface area contributed by atoms with Gasteiger partial charge in [0.1, 0.15) is 5.82 Å². The average molecular weight is 609 g/mol. The quantitative estimate of drug-likeness (QED) is 0.145. The van der Waals surface area contributed by atoms with E-state index in [0.29, 0.717) is 21.6 Å². The van der Waals surface area contributed by atoms with Crippen LogP contribution in [0.25, 0.3) is 82.3 Å². The molecule has 1 aliphatic rings. The summed E-state index contributed by atoms with van der Waals surface area (Å²) in [5, 5.41) is 9.28. The molecule has 8 aromatic carbocycles. The van der Waals surface area contributed by atoms with Crippen LogP contribution in [0.3, 0.4) is 0 Å². The molecule has 5 heteroatoms. The zero-order chi connectivity index (χ0) is 30.6. The molecule has 10 rings (SSSR count). The van der Waals surface area contributed by atoms with Gasteiger partial charge in [-0.3, -0.25) is 4.57 Å². The third-order valence-corrected chi connectivity index (χ3v) is 11.3. The van der Waals surface area contributed by atoms with Crippen molar-refractivity contribution in [2.24, 2.45) is 0 Å². The van der Waals surface area contributed by atoms with E-state index in [1.165, 1.54) is 27.1 Å². The Morgan fingerprint density at radius 1 is 0.478 bits per heavy atom.